The van der Waals surface area contributed by atoms with Gasteiger partial charge in [0.1, 0.15) is 17.4 Å². The Morgan fingerprint density at radius 1 is 0.964 bits per heavy atom. The second-order valence-corrected chi connectivity index (χ2v) is 7.67. The highest BCUT2D eigenvalue weighted by Crippen LogP contribution is 2.23. The van der Waals surface area contributed by atoms with Crippen LogP contribution in [0.3, 0.4) is 0 Å². The lowest BCUT2D eigenvalue weighted by molar-refractivity contribution is -0.123. The molecular formula is C24H38O4. The summed E-state index contributed by atoms with van der Waals surface area (Å²) in [4.78, 5) is 23.9. The van der Waals surface area contributed by atoms with Crippen LogP contribution in [0.5, 0.6) is 0 Å². The van der Waals surface area contributed by atoms with Gasteiger partial charge in [-0.2, -0.15) is 0 Å². The zero-order chi connectivity index (χ0) is 20.6. The van der Waals surface area contributed by atoms with Gasteiger partial charge in [-0.3, -0.25) is 9.59 Å². The molecular weight excluding hydrogens is 352 g/mol. The number of unbranched alkanes of at least 4 members (excludes halogenated alkanes) is 9. The summed E-state index contributed by atoms with van der Waals surface area (Å²) in [6, 6.07) is 0. The van der Waals surface area contributed by atoms with Crippen LogP contribution in [-0.4, -0.2) is 27.9 Å². The summed E-state index contributed by atoms with van der Waals surface area (Å²) in [5, 5.41) is 19.4. The Balaban J connectivity index is 2.06. The minimum absolute atomic E-state index is 0.128. The van der Waals surface area contributed by atoms with Gasteiger partial charge in [-0.1, -0.05) is 69.8 Å². The van der Waals surface area contributed by atoms with Gasteiger partial charge in [0.15, 0.2) is 11.6 Å². The monoisotopic (exact) mass is 390 g/mol. The van der Waals surface area contributed by atoms with Crippen molar-refractivity contribution in [2.45, 2.75) is 103 Å². The van der Waals surface area contributed by atoms with Gasteiger partial charge in [0.25, 0.3) is 0 Å². The van der Waals surface area contributed by atoms with E-state index in [1.807, 2.05) is 0 Å². The molecule has 0 unspecified atom stereocenters. The van der Waals surface area contributed by atoms with Gasteiger partial charge in [0.05, 0.1) is 0 Å². The average molecular weight is 391 g/mol. The van der Waals surface area contributed by atoms with Gasteiger partial charge < -0.3 is 10.2 Å². The molecule has 0 radical (unpaired) electrons. The van der Waals surface area contributed by atoms with E-state index in [-0.39, 0.29) is 36.4 Å². The second kappa shape index (κ2) is 15.3. The number of aliphatic hydroxyl groups excluding tert-OH is 2. The fraction of sp³-hybridized carbons (Fsp3) is 0.667. The average Bonchev–Trinajstić information content (AvgIpc) is 2.68. The lowest BCUT2D eigenvalue weighted by atomic mass is 9.89. The normalized spacial score (nSPS) is 17.9. The number of aliphatic hydroxyl groups is 2. The molecule has 0 aromatic carbocycles. The van der Waals surface area contributed by atoms with E-state index in [1.54, 1.807) is 0 Å². The summed E-state index contributed by atoms with van der Waals surface area (Å²) in [6.07, 6.45) is 20.8. The lowest BCUT2D eigenvalue weighted by Gasteiger charge is -2.18. The van der Waals surface area contributed by atoms with Crippen LogP contribution in [0.25, 0.3) is 0 Å². The standard InChI is InChI=1S/C24H38O4/c1-2-3-4-5-6-7-8-9-10-11-12-13-14-15-16-17-20(25)23-21(26)18-19-22(27)24(23)28/h9-12,22,27-28H,2-8,13-19H2,1H3/t22-/m0/s1. The maximum atomic E-state index is 12.1. The van der Waals surface area contributed by atoms with Crippen molar-refractivity contribution in [2.75, 3.05) is 0 Å². The van der Waals surface area contributed by atoms with Crippen molar-refractivity contribution in [1.82, 2.24) is 0 Å². The lowest BCUT2D eigenvalue weighted by Crippen LogP contribution is -2.27. The van der Waals surface area contributed by atoms with Crippen molar-refractivity contribution in [3.8, 4) is 0 Å². The van der Waals surface area contributed by atoms with E-state index >= 15 is 0 Å². The number of Topliss-reactive ketones (excluding diaryl/α,β-unsaturated/α-hetero) is 2. The van der Waals surface area contributed by atoms with Crippen LogP contribution < -0.4 is 0 Å². The molecule has 0 spiro atoms. The highest BCUT2D eigenvalue weighted by molar-refractivity contribution is 6.21. The largest absolute Gasteiger partial charge is 0.509 e. The first-order valence-corrected chi connectivity index (χ1v) is 11.1. The Labute approximate surface area is 170 Å². The van der Waals surface area contributed by atoms with E-state index in [0.29, 0.717) is 6.42 Å². The number of carbonyl (C=O) groups is 2. The second-order valence-electron chi connectivity index (χ2n) is 7.67. The number of hydrogen-bond donors (Lipinski definition) is 2. The van der Waals surface area contributed by atoms with E-state index in [2.05, 4.69) is 31.2 Å². The van der Waals surface area contributed by atoms with Gasteiger partial charge >= 0.3 is 0 Å². The molecule has 0 saturated carbocycles. The number of ketones is 2. The van der Waals surface area contributed by atoms with Crippen molar-refractivity contribution in [3.63, 3.8) is 0 Å². The third-order valence-corrected chi connectivity index (χ3v) is 5.16. The molecule has 0 heterocycles. The smallest absolute Gasteiger partial charge is 0.170 e. The Morgan fingerprint density at radius 3 is 2.18 bits per heavy atom. The minimum Gasteiger partial charge on any atom is -0.509 e. The molecule has 0 aromatic rings. The first kappa shape index (κ1) is 24.4. The van der Waals surface area contributed by atoms with Crippen molar-refractivity contribution in [3.05, 3.63) is 35.6 Å². The van der Waals surface area contributed by atoms with Gasteiger partial charge in [0.2, 0.25) is 0 Å². The quantitative estimate of drug-likeness (QED) is 0.207. The fourth-order valence-electron chi connectivity index (χ4n) is 3.38. The minimum atomic E-state index is -1.07. The summed E-state index contributed by atoms with van der Waals surface area (Å²) >= 11 is 0. The maximum Gasteiger partial charge on any atom is 0.170 e. The van der Waals surface area contributed by atoms with E-state index in [4.69, 9.17) is 0 Å². The number of carbonyl (C=O) groups excluding carboxylic acids is 2. The molecule has 0 bridgehead atoms. The fourth-order valence-corrected chi connectivity index (χ4v) is 3.38. The van der Waals surface area contributed by atoms with Crippen LogP contribution >= 0.6 is 0 Å². The van der Waals surface area contributed by atoms with Crippen molar-refractivity contribution in [1.29, 1.82) is 0 Å². The van der Waals surface area contributed by atoms with E-state index in [1.165, 1.54) is 38.5 Å². The molecule has 2 N–H and O–H groups in total. The first-order valence-electron chi connectivity index (χ1n) is 11.1. The molecule has 158 valence electrons. The molecule has 1 aliphatic carbocycles. The van der Waals surface area contributed by atoms with Crippen LogP contribution in [0.2, 0.25) is 0 Å². The third kappa shape index (κ3) is 10.0. The van der Waals surface area contributed by atoms with E-state index in [0.717, 1.165) is 25.7 Å². The van der Waals surface area contributed by atoms with Crippen LogP contribution in [0.4, 0.5) is 0 Å². The molecule has 1 rings (SSSR count). The highest BCUT2D eigenvalue weighted by Gasteiger charge is 2.30. The predicted molar refractivity (Wildman–Crippen MR) is 114 cm³/mol. The number of rotatable bonds is 15. The molecule has 1 atom stereocenters. The van der Waals surface area contributed by atoms with Crippen LogP contribution in [0.15, 0.2) is 35.6 Å². The first-order chi connectivity index (χ1) is 13.6. The van der Waals surface area contributed by atoms with Crippen LogP contribution in [0, 0.1) is 0 Å². The van der Waals surface area contributed by atoms with E-state index in [9.17, 15) is 19.8 Å². The molecule has 0 aliphatic heterocycles. The van der Waals surface area contributed by atoms with Crippen LogP contribution in [-0.2, 0) is 9.59 Å². The predicted octanol–water partition coefficient (Wildman–Crippen LogP) is 5.90. The summed E-state index contributed by atoms with van der Waals surface area (Å²) in [6.45, 7) is 2.24. The summed E-state index contributed by atoms with van der Waals surface area (Å²) in [5.74, 6) is -1.12. The topological polar surface area (TPSA) is 74.6 Å². The highest BCUT2D eigenvalue weighted by atomic mass is 16.3. The SMILES string of the molecule is CCCCCCCCC=CC=CCCCCCC(=O)C1=C(O)[C@@H](O)CCC1=O. The Kier molecular flexibility index (Phi) is 13.3. The molecule has 4 heteroatoms. The van der Waals surface area contributed by atoms with Crippen molar-refractivity contribution >= 4 is 11.6 Å². The molecule has 0 amide bonds. The van der Waals surface area contributed by atoms with Crippen molar-refractivity contribution < 1.29 is 19.8 Å². The molecule has 1 aliphatic rings. The van der Waals surface area contributed by atoms with Gasteiger partial charge in [-0.25, -0.2) is 0 Å². The molecule has 0 aromatic heterocycles. The Bertz CT molecular complexity index is 557. The van der Waals surface area contributed by atoms with Gasteiger partial charge in [-0.05, 0) is 38.5 Å². The zero-order valence-corrected chi connectivity index (χ0v) is 17.5. The molecule has 4 nitrogen and oxygen atoms in total. The van der Waals surface area contributed by atoms with Gasteiger partial charge in [-0.15, -0.1) is 0 Å². The summed E-state index contributed by atoms with van der Waals surface area (Å²) in [7, 11) is 0. The maximum absolute atomic E-state index is 12.1. The van der Waals surface area contributed by atoms with E-state index < -0.39 is 11.9 Å². The third-order valence-electron chi connectivity index (χ3n) is 5.16. The molecule has 0 saturated heterocycles. The Hall–Kier alpha value is -1.68. The summed E-state index contributed by atoms with van der Waals surface area (Å²) < 4.78 is 0. The summed E-state index contributed by atoms with van der Waals surface area (Å²) in [5.41, 5.74) is -0.172. The number of hydrogen-bond acceptors (Lipinski definition) is 4. The molecule has 0 fully saturated rings. The van der Waals surface area contributed by atoms with Gasteiger partial charge in [0, 0.05) is 12.8 Å². The zero-order valence-electron chi connectivity index (χ0n) is 17.5. The van der Waals surface area contributed by atoms with Crippen molar-refractivity contribution in [2.24, 2.45) is 0 Å². The van der Waals surface area contributed by atoms with Crippen LogP contribution in [0.1, 0.15) is 96.8 Å². The Morgan fingerprint density at radius 2 is 1.54 bits per heavy atom. The number of allylic oxidation sites excluding steroid dienone is 5. The molecule has 28 heavy (non-hydrogen) atoms.